The Labute approximate surface area is 165 Å². The van der Waals surface area contributed by atoms with Crippen LogP contribution in [0.2, 0.25) is 10.0 Å². The minimum atomic E-state index is -1.17. The molecule has 0 saturated heterocycles. The first-order valence-electron chi connectivity index (χ1n) is 7.92. The summed E-state index contributed by atoms with van der Waals surface area (Å²) in [7, 11) is 0. The van der Waals surface area contributed by atoms with Gasteiger partial charge in [-0.2, -0.15) is 0 Å². The predicted octanol–water partition coefficient (Wildman–Crippen LogP) is 5.26. The van der Waals surface area contributed by atoms with Crippen LogP contribution in [0.1, 0.15) is 31.1 Å². The van der Waals surface area contributed by atoms with Crippen LogP contribution in [0.4, 0.5) is 14.5 Å². The van der Waals surface area contributed by atoms with Gasteiger partial charge in [-0.15, -0.1) is 0 Å². The Hall–Kier alpha value is -2.18. The van der Waals surface area contributed by atoms with Gasteiger partial charge in [0, 0.05) is 11.8 Å². The number of ether oxygens (including phenoxy) is 1. The van der Waals surface area contributed by atoms with Crippen LogP contribution >= 0.6 is 23.2 Å². The molecule has 2 aromatic rings. The Morgan fingerprint density at radius 1 is 1.04 bits per heavy atom. The number of carbonyl (C=O) groups excluding carboxylic acids is 2. The number of hydrogen-bond donors (Lipinski definition) is 0. The zero-order chi connectivity index (χ0) is 20.4. The van der Waals surface area contributed by atoms with Crippen LogP contribution < -0.4 is 4.90 Å². The van der Waals surface area contributed by atoms with Gasteiger partial charge >= 0.3 is 5.97 Å². The maximum atomic E-state index is 13.7. The molecule has 0 radical (unpaired) electrons. The van der Waals surface area contributed by atoms with Crippen molar-refractivity contribution in [3.8, 4) is 0 Å². The summed E-state index contributed by atoms with van der Waals surface area (Å²) in [6.45, 7) is 4.46. The van der Waals surface area contributed by atoms with Gasteiger partial charge in [-0.1, -0.05) is 29.3 Å². The first kappa shape index (κ1) is 21.1. The van der Waals surface area contributed by atoms with Crippen molar-refractivity contribution in [1.29, 1.82) is 0 Å². The van der Waals surface area contributed by atoms with Crippen molar-refractivity contribution >= 4 is 40.8 Å². The van der Waals surface area contributed by atoms with E-state index in [9.17, 15) is 18.4 Å². The molecule has 27 heavy (non-hydrogen) atoms. The zero-order valence-electron chi connectivity index (χ0n) is 14.9. The molecule has 2 rings (SSSR count). The highest BCUT2D eigenvalue weighted by molar-refractivity contribution is 6.40. The van der Waals surface area contributed by atoms with E-state index < -0.39 is 35.7 Å². The van der Waals surface area contributed by atoms with Crippen molar-refractivity contribution in [2.75, 3.05) is 11.4 Å². The van der Waals surface area contributed by atoms with E-state index in [1.807, 2.05) is 0 Å². The maximum Gasteiger partial charge on any atom is 0.326 e. The highest BCUT2D eigenvalue weighted by Gasteiger charge is 2.27. The van der Waals surface area contributed by atoms with Crippen molar-refractivity contribution in [3.05, 3.63) is 63.6 Å². The molecular formula is C19H17Cl2F2NO3. The molecule has 0 aliphatic heterocycles. The normalized spacial score (nSPS) is 11.2. The molecule has 0 aliphatic carbocycles. The Morgan fingerprint density at radius 2 is 1.63 bits per heavy atom. The molecule has 8 heteroatoms. The largest absolute Gasteiger partial charge is 0.459 e. The molecule has 0 saturated carbocycles. The van der Waals surface area contributed by atoms with Gasteiger partial charge in [-0.3, -0.25) is 14.5 Å². The van der Waals surface area contributed by atoms with E-state index in [4.69, 9.17) is 27.9 Å². The molecule has 4 nitrogen and oxygen atoms in total. The average molecular weight is 416 g/mol. The number of anilines is 1. The van der Waals surface area contributed by atoms with E-state index in [-0.39, 0.29) is 21.3 Å². The minimum Gasteiger partial charge on any atom is -0.459 e. The molecule has 0 atom stereocenters. The molecule has 0 heterocycles. The molecule has 0 aliphatic rings. The number of carbonyl (C=O) groups is 2. The number of hydrogen-bond acceptors (Lipinski definition) is 3. The van der Waals surface area contributed by atoms with Gasteiger partial charge in [0.2, 0.25) is 0 Å². The van der Waals surface area contributed by atoms with Crippen molar-refractivity contribution in [3.63, 3.8) is 0 Å². The molecule has 0 bridgehead atoms. The molecule has 0 fully saturated rings. The highest BCUT2D eigenvalue weighted by Crippen LogP contribution is 2.28. The van der Waals surface area contributed by atoms with E-state index in [0.717, 1.165) is 17.0 Å². The lowest BCUT2D eigenvalue weighted by Gasteiger charge is -2.26. The molecular weight excluding hydrogens is 399 g/mol. The van der Waals surface area contributed by atoms with Gasteiger partial charge in [0.1, 0.15) is 12.1 Å². The monoisotopic (exact) mass is 415 g/mol. The Kier molecular flexibility index (Phi) is 6.44. The summed E-state index contributed by atoms with van der Waals surface area (Å²) in [5.41, 5.74) is -0.892. The molecule has 0 spiro atoms. The first-order chi connectivity index (χ1) is 12.5. The number of esters is 1. The van der Waals surface area contributed by atoms with Crippen molar-refractivity contribution < 1.29 is 23.1 Å². The summed E-state index contributed by atoms with van der Waals surface area (Å²) in [6, 6.07) is 7.30. The summed E-state index contributed by atoms with van der Waals surface area (Å²) in [4.78, 5) is 26.2. The Balaban J connectivity index is 2.47. The fourth-order valence-electron chi connectivity index (χ4n) is 2.27. The second-order valence-corrected chi connectivity index (χ2v) is 7.49. The van der Waals surface area contributed by atoms with Crippen molar-refractivity contribution in [1.82, 2.24) is 0 Å². The van der Waals surface area contributed by atoms with Crippen LogP contribution in [0.3, 0.4) is 0 Å². The molecule has 0 N–H and O–H groups in total. The van der Waals surface area contributed by atoms with Crippen LogP contribution in [0, 0.1) is 11.6 Å². The lowest BCUT2D eigenvalue weighted by Crippen LogP contribution is -2.39. The number of rotatable bonds is 4. The van der Waals surface area contributed by atoms with Gasteiger partial charge in [-0.05, 0) is 45.0 Å². The Morgan fingerprint density at radius 3 is 2.15 bits per heavy atom. The van der Waals surface area contributed by atoms with Crippen LogP contribution in [-0.2, 0) is 9.53 Å². The molecule has 144 valence electrons. The number of benzene rings is 2. The van der Waals surface area contributed by atoms with E-state index in [0.29, 0.717) is 0 Å². The van der Waals surface area contributed by atoms with Crippen molar-refractivity contribution in [2.24, 2.45) is 0 Å². The van der Waals surface area contributed by atoms with E-state index in [2.05, 4.69) is 0 Å². The molecule has 0 aromatic heterocycles. The van der Waals surface area contributed by atoms with Crippen LogP contribution in [0.5, 0.6) is 0 Å². The summed E-state index contributed by atoms with van der Waals surface area (Å²) in [6.07, 6.45) is 0. The maximum absolute atomic E-state index is 13.7. The van der Waals surface area contributed by atoms with Gasteiger partial charge in [0.25, 0.3) is 5.91 Å². The third kappa shape index (κ3) is 5.40. The number of amides is 1. The average Bonchev–Trinajstić information content (AvgIpc) is 2.53. The zero-order valence-corrected chi connectivity index (χ0v) is 16.4. The molecule has 0 unspecified atom stereocenters. The van der Waals surface area contributed by atoms with E-state index in [1.54, 1.807) is 26.8 Å². The van der Waals surface area contributed by atoms with Crippen molar-refractivity contribution in [2.45, 2.75) is 26.4 Å². The second kappa shape index (κ2) is 8.23. The van der Waals surface area contributed by atoms with Gasteiger partial charge in [-0.25, -0.2) is 8.78 Å². The minimum absolute atomic E-state index is 0.0410. The van der Waals surface area contributed by atoms with Crippen LogP contribution in [0.25, 0.3) is 0 Å². The third-order valence-corrected chi connectivity index (χ3v) is 3.97. The van der Waals surface area contributed by atoms with Crippen LogP contribution in [-0.4, -0.2) is 24.0 Å². The fraction of sp³-hybridized carbons (Fsp3) is 0.263. The lowest BCUT2D eigenvalue weighted by atomic mass is 10.1. The number of halogens is 4. The Bertz CT molecular complexity index is 861. The second-order valence-electron chi connectivity index (χ2n) is 6.67. The molecule has 2 aromatic carbocycles. The number of nitrogens with zero attached hydrogens (tertiary/aromatic N) is 1. The SMILES string of the molecule is CC(C)(C)OC(=O)CN(C(=O)c1c(Cl)cccc1Cl)c1ccc(F)c(F)c1. The van der Waals surface area contributed by atoms with Crippen LogP contribution in [0.15, 0.2) is 36.4 Å². The summed E-state index contributed by atoms with van der Waals surface area (Å²) >= 11 is 12.1. The summed E-state index contributed by atoms with van der Waals surface area (Å²) in [5.74, 6) is -3.73. The quantitative estimate of drug-likeness (QED) is 0.639. The standard InChI is InChI=1S/C19H17Cl2F2NO3/c1-19(2,3)27-16(25)10-24(11-7-8-14(22)15(23)9-11)18(26)17-12(20)5-4-6-13(17)21/h4-9H,10H2,1-3H3. The molecule has 1 amide bonds. The third-order valence-electron chi connectivity index (χ3n) is 3.34. The fourth-order valence-corrected chi connectivity index (χ4v) is 2.83. The van der Waals surface area contributed by atoms with E-state index >= 15 is 0 Å². The van der Waals surface area contributed by atoms with Gasteiger partial charge in [0.05, 0.1) is 15.6 Å². The highest BCUT2D eigenvalue weighted by atomic mass is 35.5. The first-order valence-corrected chi connectivity index (χ1v) is 8.68. The summed E-state index contributed by atoms with van der Waals surface area (Å²) in [5, 5.41) is 0.119. The summed E-state index contributed by atoms with van der Waals surface area (Å²) < 4.78 is 32.2. The van der Waals surface area contributed by atoms with Gasteiger partial charge < -0.3 is 4.74 Å². The van der Waals surface area contributed by atoms with E-state index in [1.165, 1.54) is 18.2 Å². The predicted molar refractivity (Wildman–Crippen MR) is 100 cm³/mol. The smallest absolute Gasteiger partial charge is 0.326 e. The lowest BCUT2D eigenvalue weighted by molar-refractivity contribution is -0.152. The topological polar surface area (TPSA) is 46.6 Å². The van der Waals surface area contributed by atoms with Gasteiger partial charge in [0.15, 0.2) is 11.6 Å².